The first-order valence-electron chi connectivity index (χ1n) is 4.34. The van der Waals surface area contributed by atoms with E-state index < -0.39 is 32.4 Å². The maximum Gasteiger partial charge on any atom is 0.269 e. The molecule has 5 nitrogen and oxygen atoms in total. The Morgan fingerprint density at radius 2 is 1.78 bits per heavy atom. The molecule has 18 heavy (non-hydrogen) atoms. The molecule has 1 heterocycles. The lowest BCUT2D eigenvalue weighted by atomic mass is 10.3. The van der Waals surface area contributed by atoms with Crippen molar-refractivity contribution in [3.8, 4) is 0 Å². The molecule has 0 fully saturated rings. The molecule has 0 atom stereocenters. The Kier molecular flexibility index (Phi) is 3.22. The van der Waals surface area contributed by atoms with E-state index in [4.69, 9.17) is 0 Å². The number of anilines is 1. The lowest BCUT2D eigenvalue weighted by molar-refractivity contribution is 0.498. The minimum atomic E-state index is -4.52. The molecule has 1 N–H and O–H groups in total. The Labute approximate surface area is 104 Å². The quantitative estimate of drug-likeness (QED) is 0.936. The van der Waals surface area contributed by atoms with Crippen molar-refractivity contribution >= 4 is 26.7 Å². The first-order valence-corrected chi connectivity index (χ1v) is 6.60. The van der Waals surface area contributed by atoms with Crippen LogP contribution in [0.3, 0.4) is 0 Å². The number of hydrogen-bond acceptors (Lipinski definition) is 5. The van der Waals surface area contributed by atoms with Gasteiger partial charge in [0.2, 0.25) is 5.13 Å². The SMILES string of the molecule is O=S(=O)(Nc1ncns1)c1c(F)cc(F)cc1F. The van der Waals surface area contributed by atoms with E-state index in [-0.39, 0.29) is 17.3 Å². The molecule has 2 rings (SSSR count). The minimum Gasteiger partial charge on any atom is -0.253 e. The summed E-state index contributed by atoms with van der Waals surface area (Å²) in [6.45, 7) is 0. The molecule has 0 radical (unpaired) electrons. The number of nitrogens with zero attached hydrogens (tertiary/aromatic N) is 2. The Balaban J connectivity index is 2.48. The molecular weight excluding hydrogens is 291 g/mol. The van der Waals surface area contributed by atoms with Gasteiger partial charge >= 0.3 is 0 Å². The summed E-state index contributed by atoms with van der Waals surface area (Å²) in [4.78, 5) is 2.24. The third-order valence-corrected chi connectivity index (χ3v) is 3.91. The van der Waals surface area contributed by atoms with Gasteiger partial charge in [-0.25, -0.2) is 26.6 Å². The number of halogens is 3. The van der Waals surface area contributed by atoms with Crippen molar-refractivity contribution in [3.63, 3.8) is 0 Å². The number of sulfonamides is 1. The Hall–Kier alpha value is -1.68. The third kappa shape index (κ3) is 2.43. The monoisotopic (exact) mass is 295 g/mol. The van der Waals surface area contributed by atoms with Crippen LogP contribution in [0.4, 0.5) is 18.3 Å². The van der Waals surface area contributed by atoms with Crippen LogP contribution in [0.2, 0.25) is 0 Å². The molecule has 0 saturated carbocycles. The Morgan fingerprint density at radius 1 is 1.17 bits per heavy atom. The highest BCUT2D eigenvalue weighted by atomic mass is 32.2. The van der Waals surface area contributed by atoms with Gasteiger partial charge in [-0.1, -0.05) is 0 Å². The van der Waals surface area contributed by atoms with Crippen LogP contribution < -0.4 is 4.72 Å². The molecule has 2 aromatic rings. The van der Waals surface area contributed by atoms with Gasteiger partial charge in [-0.15, -0.1) is 0 Å². The zero-order valence-electron chi connectivity index (χ0n) is 8.39. The first kappa shape index (κ1) is 12.8. The molecule has 96 valence electrons. The van der Waals surface area contributed by atoms with Crippen LogP contribution >= 0.6 is 11.5 Å². The van der Waals surface area contributed by atoms with Crippen molar-refractivity contribution in [2.45, 2.75) is 4.90 Å². The average Bonchev–Trinajstić information content (AvgIpc) is 2.66. The smallest absolute Gasteiger partial charge is 0.253 e. The molecule has 0 spiro atoms. The lowest BCUT2D eigenvalue weighted by Crippen LogP contribution is -2.16. The van der Waals surface area contributed by atoms with Crippen LogP contribution in [-0.4, -0.2) is 17.8 Å². The summed E-state index contributed by atoms with van der Waals surface area (Å²) in [7, 11) is -4.52. The fourth-order valence-electron chi connectivity index (χ4n) is 1.17. The van der Waals surface area contributed by atoms with E-state index in [1.54, 1.807) is 0 Å². The predicted octanol–water partition coefficient (Wildman–Crippen LogP) is 1.76. The van der Waals surface area contributed by atoms with Gasteiger partial charge in [0, 0.05) is 23.7 Å². The maximum absolute atomic E-state index is 13.3. The van der Waals surface area contributed by atoms with Gasteiger partial charge in [0.15, 0.2) is 4.90 Å². The molecule has 0 amide bonds. The van der Waals surface area contributed by atoms with Crippen LogP contribution in [0, 0.1) is 17.5 Å². The molecule has 0 aliphatic carbocycles. The van der Waals surface area contributed by atoms with Gasteiger partial charge in [0.1, 0.15) is 23.8 Å². The lowest BCUT2D eigenvalue weighted by Gasteiger charge is -2.07. The van der Waals surface area contributed by atoms with Gasteiger partial charge in [0.05, 0.1) is 0 Å². The predicted molar refractivity (Wildman–Crippen MR) is 57.0 cm³/mol. The van der Waals surface area contributed by atoms with E-state index in [1.807, 2.05) is 4.72 Å². The standard InChI is InChI=1S/C8H4F3N3O2S2/c9-4-1-5(10)7(6(11)2-4)18(15,16)14-8-12-3-13-17-8/h1-3H,(H,12,13,14). The van der Waals surface area contributed by atoms with Crippen LogP contribution in [0.1, 0.15) is 0 Å². The number of hydrogen-bond donors (Lipinski definition) is 1. The second kappa shape index (κ2) is 4.53. The normalized spacial score (nSPS) is 11.5. The number of rotatable bonds is 3. The van der Waals surface area contributed by atoms with E-state index >= 15 is 0 Å². The molecule has 0 unspecified atom stereocenters. The topological polar surface area (TPSA) is 72.0 Å². The van der Waals surface area contributed by atoms with Gasteiger partial charge < -0.3 is 0 Å². The molecule has 10 heteroatoms. The summed E-state index contributed by atoms with van der Waals surface area (Å²) >= 11 is 0.689. The molecule has 1 aromatic heterocycles. The molecule has 0 bridgehead atoms. The van der Waals surface area contributed by atoms with Crippen molar-refractivity contribution < 1.29 is 21.6 Å². The van der Waals surface area contributed by atoms with E-state index in [1.165, 1.54) is 0 Å². The first-order chi connectivity index (χ1) is 8.40. The zero-order valence-corrected chi connectivity index (χ0v) is 10.0. The number of nitrogens with one attached hydrogen (secondary N) is 1. The third-order valence-electron chi connectivity index (χ3n) is 1.81. The zero-order chi connectivity index (χ0) is 13.3. The van der Waals surface area contributed by atoms with E-state index in [2.05, 4.69) is 9.36 Å². The van der Waals surface area contributed by atoms with E-state index in [0.717, 1.165) is 6.33 Å². The average molecular weight is 295 g/mol. The maximum atomic E-state index is 13.3. The largest absolute Gasteiger partial charge is 0.269 e. The van der Waals surface area contributed by atoms with Gasteiger partial charge in [-0.2, -0.15) is 4.37 Å². The highest BCUT2D eigenvalue weighted by Crippen LogP contribution is 2.23. The molecule has 0 saturated heterocycles. The van der Waals surface area contributed by atoms with E-state index in [0.29, 0.717) is 11.5 Å². The summed E-state index contributed by atoms with van der Waals surface area (Å²) in [5.74, 6) is -4.26. The fourth-order valence-corrected chi connectivity index (χ4v) is 2.95. The van der Waals surface area contributed by atoms with Crippen molar-refractivity contribution in [3.05, 3.63) is 35.9 Å². The summed E-state index contributed by atoms with van der Waals surface area (Å²) in [5.41, 5.74) is 0. The number of aromatic nitrogens is 2. The molecule has 0 aliphatic rings. The van der Waals surface area contributed by atoms with Crippen LogP contribution in [0.15, 0.2) is 23.4 Å². The van der Waals surface area contributed by atoms with Crippen molar-refractivity contribution in [2.24, 2.45) is 0 Å². The second-order valence-electron chi connectivity index (χ2n) is 3.05. The molecule has 1 aromatic carbocycles. The van der Waals surface area contributed by atoms with Gasteiger partial charge in [0.25, 0.3) is 10.0 Å². The highest BCUT2D eigenvalue weighted by molar-refractivity contribution is 7.93. The summed E-state index contributed by atoms with van der Waals surface area (Å²) < 4.78 is 68.0. The van der Waals surface area contributed by atoms with Crippen LogP contribution in [-0.2, 0) is 10.0 Å². The van der Waals surface area contributed by atoms with Gasteiger partial charge in [-0.05, 0) is 0 Å². The minimum absolute atomic E-state index is 0.155. The highest BCUT2D eigenvalue weighted by Gasteiger charge is 2.26. The summed E-state index contributed by atoms with van der Waals surface area (Å²) in [5, 5.41) is -0.155. The van der Waals surface area contributed by atoms with E-state index in [9.17, 15) is 21.6 Å². The fraction of sp³-hybridized carbons (Fsp3) is 0. The van der Waals surface area contributed by atoms with Crippen molar-refractivity contribution in [2.75, 3.05) is 4.72 Å². The Morgan fingerprint density at radius 3 is 2.28 bits per heavy atom. The van der Waals surface area contributed by atoms with Crippen molar-refractivity contribution in [1.29, 1.82) is 0 Å². The molecule has 0 aliphatic heterocycles. The summed E-state index contributed by atoms with van der Waals surface area (Å²) in [6.07, 6.45) is 1.07. The second-order valence-corrected chi connectivity index (χ2v) is 5.45. The van der Waals surface area contributed by atoms with Crippen LogP contribution in [0.25, 0.3) is 0 Å². The van der Waals surface area contributed by atoms with Crippen LogP contribution in [0.5, 0.6) is 0 Å². The summed E-state index contributed by atoms with van der Waals surface area (Å²) in [6, 6.07) is 0.551. The van der Waals surface area contributed by atoms with Crippen molar-refractivity contribution in [1.82, 2.24) is 9.36 Å². The van der Waals surface area contributed by atoms with Gasteiger partial charge in [-0.3, -0.25) is 4.72 Å². The number of benzene rings is 1. The molecular formula is C8H4F3N3O2S2. The Bertz CT molecular complexity index is 650.